The number of anilines is 6. The Balaban J connectivity index is 1.00. The van der Waals surface area contributed by atoms with Crippen molar-refractivity contribution < 1.29 is 0 Å². The molecule has 12 rings (SSSR count). The Bertz CT molecular complexity index is 3190. The van der Waals surface area contributed by atoms with E-state index in [-0.39, 0.29) is 0 Å². The number of hydrogen-bond donors (Lipinski definition) is 0. The Kier molecular flexibility index (Phi) is 8.11. The largest absolute Gasteiger partial charge is 0.310 e. The molecule has 1 spiro atoms. The van der Waals surface area contributed by atoms with E-state index in [2.05, 4.69) is 252 Å². The van der Waals surface area contributed by atoms with Gasteiger partial charge in [0.15, 0.2) is 0 Å². The zero-order valence-corrected chi connectivity index (χ0v) is 33.5. The van der Waals surface area contributed by atoms with E-state index in [1.165, 1.54) is 77.8 Å². The topological polar surface area (TPSA) is 6.48 Å². The van der Waals surface area contributed by atoms with Gasteiger partial charge in [-0.2, -0.15) is 0 Å². The Morgan fingerprint density at radius 3 is 1.51 bits per heavy atom. The number of rotatable bonds is 6. The third kappa shape index (κ3) is 5.43. The lowest BCUT2D eigenvalue weighted by Gasteiger charge is -2.45. The zero-order valence-electron chi connectivity index (χ0n) is 33.5. The van der Waals surface area contributed by atoms with Gasteiger partial charge in [0.25, 0.3) is 0 Å². The molecule has 1 heterocycles. The van der Waals surface area contributed by atoms with Crippen LogP contribution in [-0.4, -0.2) is 0 Å². The number of para-hydroxylation sites is 4. The van der Waals surface area contributed by atoms with Crippen LogP contribution < -0.4 is 9.80 Å². The second-order valence-corrected chi connectivity index (χ2v) is 16.1. The first-order chi connectivity index (χ1) is 30.3. The molecule has 2 nitrogen and oxygen atoms in total. The minimum absolute atomic E-state index is 0.536. The van der Waals surface area contributed by atoms with Gasteiger partial charge in [0.2, 0.25) is 0 Å². The summed E-state index contributed by atoms with van der Waals surface area (Å²) in [5, 5.41) is 2.52. The summed E-state index contributed by atoms with van der Waals surface area (Å²) in [6, 6.07) is 89.0. The second-order valence-electron chi connectivity index (χ2n) is 16.1. The van der Waals surface area contributed by atoms with Crippen molar-refractivity contribution in [2.45, 2.75) is 5.41 Å². The zero-order chi connectivity index (χ0) is 40.3. The summed E-state index contributed by atoms with van der Waals surface area (Å²) >= 11 is 0. The van der Waals surface area contributed by atoms with Crippen molar-refractivity contribution in [1.82, 2.24) is 0 Å². The van der Waals surface area contributed by atoms with Gasteiger partial charge in [-0.1, -0.05) is 182 Å². The normalized spacial score (nSPS) is 13.0. The highest BCUT2D eigenvalue weighted by molar-refractivity contribution is 6.01. The van der Waals surface area contributed by atoms with E-state index in [0.29, 0.717) is 0 Å². The molecule has 0 fully saturated rings. The summed E-state index contributed by atoms with van der Waals surface area (Å²) in [4.78, 5) is 4.88. The minimum Gasteiger partial charge on any atom is -0.310 e. The summed E-state index contributed by atoms with van der Waals surface area (Å²) in [6.07, 6.45) is 0. The molecule has 1 aliphatic carbocycles. The van der Waals surface area contributed by atoms with Crippen molar-refractivity contribution in [2.75, 3.05) is 9.80 Å². The average molecular weight is 777 g/mol. The lowest BCUT2D eigenvalue weighted by atomic mass is 9.64. The van der Waals surface area contributed by atoms with Crippen LogP contribution in [-0.2, 0) is 5.41 Å². The van der Waals surface area contributed by atoms with Crippen molar-refractivity contribution in [3.63, 3.8) is 0 Å². The smallest absolute Gasteiger partial charge is 0.0755 e. The highest BCUT2D eigenvalue weighted by Gasteiger charge is 2.52. The van der Waals surface area contributed by atoms with Gasteiger partial charge in [0, 0.05) is 22.6 Å². The Morgan fingerprint density at radius 1 is 0.328 bits per heavy atom. The molecular weight excluding hydrogens is 737 g/mol. The van der Waals surface area contributed by atoms with Gasteiger partial charge >= 0.3 is 0 Å². The number of fused-ring (bicyclic) bond motifs is 10. The van der Waals surface area contributed by atoms with Crippen LogP contribution in [0.25, 0.3) is 44.2 Å². The number of hydrogen-bond acceptors (Lipinski definition) is 2. The molecule has 0 unspecified atom stereocenters. The van der Waals surface area contributed by atoms with E-state index in [1.54, 1.807) is 0 Å². The van der Waals surface area contributed by atoms with Gasteiger partial charge in [0.05, 0.1) is 22.5 Å². The fourth-order valence-corrected chi connectivity index (χ4v) is 10.2. The summed E-state index contributed by atoms with van der Waals surface area (Å²) in [7, 11) is 0. The van der Waals surface area contributed by atoms with Gasteiger partial charge in [-0.15, -0.1) is 0 Å². The number of benzene rings is 10. The molecular formula is C59H40N2. The molecule has 10 aromatic carbocycles. The fourth-order valence-electron chi connectivity index (χ4n) is 10.2. The van der Waals surface area contributed by atoms with Gasteiger partial charge in [-0.3, -0.25) is 0 Å². The summed E-state index contributed by atoms with van der Waals surface area (Å²) in [5.74, 6) is 0. The molecule has 61 heavy (non-hydrogen) atoms. The van der Waals surface area contributed by atoms with Crippen molar-refractivity contribution in [3.05, 3.63) is 265 Å². The van der Waals surface area contributed by atoms with Crippen LogP contribution in [0, 0.1) is 0 Å². The first-order valence-electron chi connectivity index (χ1n) is 21.1. The molecule has 0 amide bonds. The van der Waals surface area contributed by atoms with Crippen molar-refractivity contribution in [1.29, 1.82) is 0 Å². The molecule has 0 N–H and O–H groups in total. The van der Waals surface area contributed by atoms with Crippen molar-refractivity contribution >= 4 is 44.9 Å². The van der Waals surface area contributed by atoms with E-state index in [0.717, 1.165) is 22.7 Å². The molecule has 10 aromatic rings. The van der Waals surface area contributed by atoms with E-state index in [1.807, 2.05) is 0 Å². The van der Waals surface area contributed by atoms with Crippen molar-refractivity contribution in [2.24, 2.45) is 0 Å². The first-order valence-corrected chi connectivity index (χ1v) is 21.1. The molecule has 0 bridgehead atoms. The maximum atomic E-state index is 2.44. The average Bonchev–Trinajstić information content (AvgIpc) is 3.64. The number of nitrogens with zero attached hydrogens (tertiary/aromatic N) is 2. The Hall–Kier alpha value is -7.94. The van der Waals surface area contributed by atoms with Gasteiger partial charge < -0.3 is 9.80 Å². The van der Waals surface area contributed by atoms with Crippen LogP contribution in [0.5, 0.6) is 0 Å². The summed E-state index contributed by atoms with van der Waals surface area (Å²) in [5.41, 5.74) is 18.9. The molecule has 2 heteroatoms. The van der Waals surface area contributed by atoms with Crippen LogP contribution in [0.1, 0.15) is 22.3 Å². The lowest BCUT2D eigenvalue weighted by Crippen LogP contribution is -2.36. The molecule has 0 radical (unpaired) electrons. The summed E-state index contributed by atoms with van der Waals surface area (Å²) < 4.78 is 0. The highest BCUT2D eigenvalue weighted by Crippen LogP contribution is 2.65. The molecule has 286 valence electrons. The van der Waals surface area contributed by atoms with E-state index in [9.17, 15) is 0 Å². The predicted molar refractivity (Wildman–Crippen MR) is 255 cm³/mol. The van der Waals surface area contributed by atoms with E-state index >= 15 is 0 Å². The molecule has 2 aliphatic rings. The van der Waals surface area contributed by atoms with Crippen LogP contribution in [0.4, 0.5) is 34.1 Å². The Morgan fingerprint density at radius 2 is 0.820 bits per heavy atom. The monoisotopic (exact) mass is 776 g/mol. The predicted octanol–water partition coefficient (Wildman–Crippen LogP) is 15.8. The maximum absolute atomic E-state index is 2.44. The highest BCUT2D eigenvalue weighted by atomic mass is 15.2. The minimum atomic E-state index is -0.536. The molecule has 0 atom stereocenters. The molecule has 0 aromatic heterocycles. The maximum Gasteiger partial charge on any atom is 0.0755 e. The van der Waals surface area contributed by atoms with Crippen LogP contribution in [0.2, 0.25) is 0 Å². The van der Waals surface area contributed by atoms with Gasteiger partial charge in [-0.05, 0) is 122 Å². The van der Waals surface area contributed by atoms with Crippen LogP contribution in [0.15, 0.2) is 243 Å². The van der Waals surface area contributed by atoms with Gasteiger partial charge in [-0.25, -0.2) is 0 Å². The summed E-state index contributed by atoms with van der Waals surface area (Å²) in [6.45, 7) is 0. The van der Waals surface area contributed by atoms with Crippen molar-refractivity contribution in [3.8, 4) is 33.4 Å². The molecule has 0 saturated carbocycles. The second kappa shape index (κ2) is 14.1. The van der Waals surface area contributed by atoms with Crippen LogP contribution in [0.3, 0.4) is 0 Å². The van der Waals surface area contributed by atoms with Gasteiger partial charge in [0.1, 0.15) is 0 Å². The lowest BCUT2D eigenvalue weighted by molar-refractivity contribution is 0.752. The third-order valence-electron chi connectivity index (χ3n) is 12.8. The standard InChI is InChI=1S/C59H40N2/c1-3-18-47(19-4-1)60(49-38-36-43(37-39-49)42-30-32-44(33-31-42)46-35-34-41-16-7-8-17-45(41)40-46)57-29-15-26-54-58(57)50-22-9-10-23-51(50)59(54)52-24-11-13-27-55(52)61(48-20-5-2-6-21-48)56-28-14-12-25-53(56)59/h1-40H. The molecule has 1 aliphatic heterocycles. The fraction of sp³-hybridized carbons (Fsp3) is 0.0169. The van der Waals surface area contributed by atoms with E-state index in [4.69, 9.17) is 0 Å². The third-order valence-corrected chi connectivity index (χ3v) is 12.8. The first kappa shape index (κ1) is 35.0. The Labute approximate surface area is 356 Å². The molecule has 0 saturated heterocycles. The quantitative estimate of drug-likeness (QED) is 0.166. The SMILES string of the molecule is c1ccc(N(c2ccc(-c3ccc(-c4ccc5ccccc5c4)cc3)cc2)c2cccc3c2-c2ccccc2C32c3ccccc3N(c3ccccc3)c3ccccc32)cc1. The van der Waals surface area contributed by atoms with E-state index < -0.39 is 5.41 Å². The van der Waals surface area contributed by atoms with Crippen LogP contribution >= 0.6 is 0 Å².